The van der Waals surface area contributed by atoms with E-state index in [4.69, 9.17) is 0 Å². The highest BCUT2D eigenvalue weighted by Gasteiger charge is 2.27. The number of nitrogens with zero attached hydrogens (tertiary/aromatic N) is 4. The number of piperazine rings is 1. The summed E-state index contributed by atoms with van der Waals surface area (Å²) < 4.78 is 39.8. The van der Waals surface area contributed by atoms with Crippen molar-refractivity contribution in [3.63, 3.8) is 0 Å². The van der Waals surface area contributed by atoms with Gasteiger partial charge in [0.15, 0.2) is 0 Å². The molecule has 132 valence electrons. The third kappa shape index (κ3) is 3.57. The summed E-state index contributed by atoms with van der Waals surface area (Å²) >= 11 is 0. The van der Waals surface area contributed by atoms with E-state index < -0.39 is 23.7 Å². The first-order valence-electron chi connectivity index (χ1n) is 7.88. The second kappa shape index (κ2) is 7.08. The lowest BCUT2D eigenvalue weighted by Crippen LogP contribution is -2.49. The van der Waals surface area contributed by atoms with Gasteiger partial charge in [0.05, 0.1) is 11.1 Å². The second-order valence-electron chi connectivity index (χ2n) is 5.75. The average molecular weight is 350 g/mol. The van der Waals surface area contributed by atoms with Crippen molar-refractivity contribution >= 4 is 11.7 Å². The van der Waals surface area contributed by atoms with E-state index in [9.17, 15) is 18.0 Å². The van der Waals surface area contributed by atoms with Gasteiger partial charge in [-0.25, -0.2) is 23.1 Å². The molecule has 1 aliphatic rings. The molecule has 0 atom stereocenters. The molecule has 0 spiro atoms. The molecule has 1 aliphatic heterocycles. The normalized spacial score (nSPS) is 14.9. The molecular weight excluding hydrogens is 333 g/mol. The van der Waals surface area contributed by atoms with Gasteiger partial charge in [-0.2, -0.15) is 0 Å². The van der Waals surface area contributed by atoms with Gasteiger partial charge < -0.3 is 9.80 Å². The molecule has 5 nitrogen and oxygen atoms in total. The van der Waals surface area contributed by atoms with Crippen LogP contribution in [0.3, 0.4) is 0 Å². The van der Waals surface area contributed by atoms with Gasteiger partial charge in [0.2, 0.25) is 0 Å². The van der Waals surface area contributed by atoms with Crippen LogP contribution >= 0.6 is 0 Å². The average Bonchev–Trinajstić information content (AvgIpc) is 2.61. The Balaban J connectivity index is 1.71. The summed E-state index contributed by atoms with van der Waals surface area (Å²) in [5, 5.41) is 0. The monoisotopic (exact) mass is 350 g/mol. The molecule has 1 amide bonds. The van der Waals surface area contributed by atoms with Crippen LogP contribution in [0.25, 0.3) is 0 Å². The summed E-state index contributed by atoms with van der Waals surface area (Å²) in [6.45, 7) is 3.57. The van der Waals surface area contributed by atoms with E-state index in [2.05, 4.69) is 9.97 Å². The highest BCUT2D eigenvalue weighted by atomic mass is 19.3. The van der Waals surface area contributed by atoms with Crippen LogP contribution < -0.4 is 4.90 Å². The van der Waals surface area contributed by atoms with Gasteiger partial charge >= 0.3 is 0 Å². The van der Waals surface area contributed by atoms with E-state index in [-0.39, 0.29) is 5.56 Å². The number of rotatable bonds is 3. The Morgan fingerprint density at radius 1 is 1.16 bits per heavy atom. The van der Waals surface area contributed by atoms with E-state index in [1.165, 1.54) is 17.0 Å². The van der Waals surface area contributed by atoms with E-state index in [1.54, 1.807) is 19.2 Å². The van der Waals surface area contributed by atoms with Crippen LogP contribution in [0.2, 0.25) is 0 Å². The van der Waals surface area contributed by atoms with Crippen molar-refractivity contribution in [1.82, 2.24) is 14.9 Å². The fourth-order valence-electron chi connectivity index (χ4n) is 2.81. The minimum atomic E-state index is -2.95. The maximum absolute atomic E-state index is 14.2. The number of aryl methyl sites for hydroxylation is 1. The minimum Gasteiger partial charge on any atom is -0.353 e. The Hall–Kier alpha value is -2.64. The van der Waals surface area contributed by atoms with Crippen LogP contribution in [0, 0.1) is 12.7 Å². The zero-order valence-electron chi connectivity index (χ0n) is 13.6. The molecule has 25 heavy (non-hydrogen) atoms. The van der Waals surface area contributed by atoms with Gasteiger partial charge in [-0.3, -0.25) is 4.79 Å². The quantitative estimate of drug-likeness (QED) is 0.854. The first-order valence-corrected chi connectivity index (χ1v) is 7.88. The lowest BCUT2D eigenvalue weighted by atomic mass is 10.1. The topological polar surface area (TPSA) is 49.3 Å². The highest BCUT2D eigenvalue weighted by Crippen LogP contribution is 2.25. The molecule has 2 heterocycles. The molecule has 1 saturated heterocycles. The molecule has 0 radical (unpaired) electrons. The van der Waals surface area contributed by atoms with E-state index >= 15 is 0 Å². The van der Waals surface area contributed by atoms with Gasteiger partial charge in [0, 0.05) is 32.4 Å². The van der Waals surface area contributed by atoms with Crippen LogP contribution in [-0.2, 0) is 0 Å². The third-order valence-corrected chi connectivity index (χ3v) is 4.15. The van der Waals surface area contributed by atoms with Gasteiger partial charge in [-0.15, -0.1) is 0 Å². The molecule has 0 unspecified atom stereocenters. The number of anilines is 1. The van der Waals surface area contributed by atoms with Crippen molar-refractivity contribution in [2.24, 2.45) is 0 Å². The summed E-state index contributed by atoms with van der Waals surface area (Å²) in [6.07, 6.45) is -1.29. The fourth-order valence-corrected chi connectivity index (χ4v) is 2.81. The molecule has 0 aliphatic carbocycles. The summed E-state index contributed by atoms with van der Waals surface area (Å²) in [7, 11) is 0. The first kappa shape index (κ1) is 17.2. The predicted octanol–water partition coefficient (Wildman–Crippen LogP) is 2.82. The number of carbonyl (C=O) groups excluding carboxylic acids is 1. The molecule has 0 saturated carbocycles. The van der Waals surface area contributed by atoms with Crippen LogP contribution in [-0.4, -0.2) is 47.0 Å². The zero-order valence-corrected chi connectivity index (χ0v) is 13.6. The van der Waals surface area contributed by atoms with Crippen molar-refractivity contribution in [1.29, 1.82) is 0 Å². The van der Waals surface area contributed by atoms with E-state index in [0.717, 1.165) is 11.9 Å². The van der Waals surface area contributed by atoms with Gasteiger partial charge in [0.25, 0.3) is 12.3 Å². The smallest absolute Gasteiger partial charge is 0.266 e. The van der Waals surface area contributed by atoms with E-state index in [1.807, 2.05) is 4.90 Å². The largest absolute Gasteiger partial charge is 0.353 e. The standard InChI is InChI=1S/C17H17F3N4O/c1-11-21-6-5-14(22-11)23-7-9-24(10-8-23)17(25)13-4-2-3-12(15(13)18)16(19)20/h2-6,16H,7-10H2,1H3. The van der Waals surface area contributed by atoms with Gasteiger partial charge in [-0.05, 0) is 19.1 Å². The molecule has 1 aromatic carbocycles. The summed E-state index contributed by atoms with van der Waals surface area (Å²) in [6, 6.07) is 5.30. The second-order valence-corrected chi connectivity index (χ2v) is 5.75. The predicted molar refractivity (Wildman–Crippen MR) is 86.2 cm³/mol. The highest BCUT2D eigenvalue weighted by molar-refractivity contribution is 5.95. The number of halogens is 3. The lowest BCUT2D eigenvalue weighted by Gasteiger charge is -2.35. The molecular formula is C17H17F3N4O. The van der Waals surface area contributed by atoms with Crippen LogP contribution in [0.4, 0.5) is 19.0 Å². The first-order chi connectivity index (χ1) is 12.0. The summed E-state index contributed by atoms with van der Waals surface area (Å²) in [4.78, 5) is 24.3. The summed E-state index contributed by atoms with van der Waals surface area (Å²) in [5.41, 5.74) is -1.06. The molecule has 8 heteroatoms. The Morgan fingerprint density at radius 3 is 2.52 bits per heavy atom. The van der Waals surface area contributed by atoms with Crippen molar-refractivity contribution in [3.8, 4) is 0 Å². The van der Waals surface area contributed by atoms with Crippen LogP contribution in [0.5, 0.6) is 0 Å². The number of amides is 1. The SMILES string of the molecule is Cc1nccc(N2CCN(C(=O)c3cccc(C(F)F)c3F)CC2)n1. The van der Waals surface area contributed by atoms with Crippen molar-refractivity contribution in [2.45, 2.75) is 13.3 Å². The summed E-state index contributed by atoms with van der Waals surface area (Å²) in [5.74, 6) is -0.290. The van der Waals surface area contributed by atoms with Crippen molar-refractivity contribution < 1.29 is 18.0 Å². The number of carbonyl (C=O) groups is 1. The maximum Gasteiger partial charge on any atom is 0.266 e. The van der Waals surface area contributed by atoms with Crippen LogP contribution in [0.1, 0.15) is 28.2 Å². The Kier molecular flexibility index (Phi) is 4.87. The fraction of sp³-hybridized carbons (Fsp3) is 0.353. The lowest BCUT2D eigenvalue weighted by molar-refractivity contribution is 0.0740. The van der Waals surface area contributed by atoms with Gasteiger partial charge in [0.1, 0.15) is 17.5 Å². The number of hydrogen-bond donors (Lipinski definition) is 0. The number of alkyl halides is 2. The Morgan fingerprint density at radius 2 is 1.88 bits per heavy atom. The number of aromatic nitrogens is 2. The molecule has 0 bridgehead atoms. The maximum atomic E-state index is 14.2. The van der Waals surface area contributed by atoms with Crippen molar-refractivity contribution in [3.05, 3.63) is 53.2 Å². The number of benzene rings is 1. The molecule has 3 rings (SSSR count). The van der Waals surface area contributed by atoms with Gasteiger partial charge in [-0.1, -0.05) is 12.1 Å². The van der Waals surface area contributed by atoms with Crippen LogP contribution in [0.15, 0.2) is 30.5 Å². The Bertz CT molecular complexity index is 776. The third-order valence-electron chi connectivity index (χ3n) is 4.15. The zero-order chi connectivity index (χ0) is 18.0. The van der Waals surface area contributed by atoms with E-state index in [0.29, 0.717) is 32.0 Å². The minimum absolute atomic E-state index is 0.316. The molecule has 1 aromatic heterocycles. The van der Waals surface area contributed by atoms with Crippen molar-refractivity contribution in [2.75, 3.05) is 31.1 Å². The molecule has 2 aromatic rings. The Labute approximate surface area is 143 Å². The molecule has 1 fully saturated rings. The molecule has 0 N–H and O–H groups in total. The number of hydrogen-bond acceptors (Lipinski definition) is 4.